The van der Waals surface area contributed by atoms with E-state index < -0.39 is 12.2 Å². The minimum absolute atomic E-state index is 0.149. The molecule has 0 bridgehead atoms. The number of fused-ring (bicyclic) bond motifs is 6. The van der Waals surface area contributed by atoms with Gasteiger partial charge in [-0.3, -0.25) is 9.59 Å². The van der Waals surface area contributed by atoms with Gasteiger partial charge in [-0.1, -0.05) is 32.0 Å². The molecule has 3 aromatic carbocycles. The Labute approximate surface area is 318 Å². The topological polar surface area (TPSA) is 184 Å². The molecule has 4 N–H and O–H groups in total. The maximum absolute atomic E-state index is 13.0. The van der Waals surface area contributed by atoms with Crippen molar-refractivity contribution >= 4 is 45.8 Å². The van der Waals surface area contributed by atoms with E-state index in [0.29, 0.717) is 43.8 Å². The Morgan fingerprint density at radius 1 is 0.818 bits per heavy atom. The van der Waals surface area contributed by atoms with Crippen LogP contribution in [0.3, 0.4) is 0 Å². The SMILES string of the molecule is CCCN(Cc1nc(-c2ccc3c(c2)COc2cc4c(ccc5[nH]c(CN(CCC)C(=O)CNC(=O)OC)nc54)cc2-3)c(C2CC2)[nH]1)C(=O)CNC(=O)OC. The lowest BCUT2D eigenvalue weighted by Gasteiger charge is -2.22. The molecule has 2 aliphatic rings. The Bertz CT molecular complexity index is 2260. The summed E-state index contributed by atoms with van der Waals surface area (Å²) in [6.07, 6.45) is 2.38. The van der Waals surface area contributed by atoms with E-state index >= 15 is 0 Å². The first-order valence-electron chi connectivity index (χ1n) is 18.7. The van der Waals surface area contributed by atoms with Gasteiger partial charge in [-0.05, 0) is 66.5 Å². The van der Waals surface area contributed by atoms with Crippen LogP contribution >= 0.6 is 0 Å². The van der Waals surface area contributed by atoms with Crippen LogP contribution in [0.5, 0.6) is 5.75 Å². The lowest BCUT2D eigenvalue weighted by molar-refractivity contribution is -0.131. The number of amides is 4. The first-order chi connectivity index (χ1) is 26.7. The van der Waals surface area contributed by atoms with Crippen molar-refractivity contribution in [2.24, 2.45) is 0 Å². The van der Waals surface area contributed by atoms with Gasteiger partial charge in [0.05, 0.1) is 44.0 Å². The Hall–Kier alpha value is -6.12. The summed E-state index contributed by atoms with van der Waals surface area (Å²) in [6.45, 7) is 5.70. The molecule has 2 aromatic heterocycles. The van der Waals surface area contributed by atoms with Crippen molar-refractivity contribution < 1.29 is 33.4 Å². The van der Waals surface area contributed by atoms with Crippen molar-refractivity contribution in [2.75, 3.05) is 40.4 Å². The Morgan fingerprint density at radius 2 is 1.47 bits per heavy atom. The molecule has 0 atom stereocenters. The Morgan fingerprint density at radius 3 is 2.09 bits per heavy atom. The van der Waals surface area contributed by atoms with E-state index in [1.54, 1.807) is 9.80 Å². The monoisotopic (exact) mass is 750 g/mol. The van der Waals surface area contributed by atoms with Crippen LogP contribution in [-0.4, -0.2) is 94.1 Å². The van der Waals surface area contributed by atoms with E-state index in [1.165, 1.54) is 14.2 Å². The van der Waals surface area contributed by atoms with Crippen molar-refractivity contribution in [1.82, 2.24) is 40.4 Å². The molecule has 55 heavy (non-hydrogen) atoms. The third-order valence-corrected chi connectivity index (χ3v) is 9.95. The van der Waals surface area contributed by atoms with Crippen molar-refractivity contribution in [3.63, 3.8) is 0 Å². The molecule has 7 rings (SSSR count). The summed E-state index contributed by atoms with van der Waals surface area (Å²) < 4.78 is 15.6. The van der Waals surface area contributed by atoms with Gasteiger partial charge in [0.2, 0.25) is 11.8 Å². The number of hydrogen-bond donors (Lipinski definition) is 4. The van der Waals surface area contributed by atoms with Crippen molar-refractivity contribution in [3.05, 3.63) is 65.4 Å². The lowest BCUT2D eigenvalue weighted by Crippen LogP contribution is -2.40. The summed E-state index contributed by atoms with van der Waals surface area (Å²) >= 11 is 0. The molecule has 5 aromatic rings. The van der Waals surface area contributed by atoms with Crippen molar-refractivity contribution in [1.29, 1.82) is 0 Å². The van der Waals surface area contributed by atoms with Crippen LogP contribution in [0.2, 0.25) is 0 Å². The van der Waals surface area contributed by atoms with Gasteiger partial charge in [0.25, 0.3) is 0 Å². The molecule has 0 saturated heterocycles. The summed E-state index contributed by atoms with van der Waals surface area (Å²) in [5, 5.41) is 6.89. The van der Waals surface area contributed by atoms with E-state index in [-0.39, 0.29) is 31.4 Å². The minimum atomic E-state index is -0.655. The summed E-state index contributed by atoms with van der Waals surface area (Å²) in [7, 11) is 2.52. The number of carbonyl (C=O) groups excluding carboxylic acids is 4. The van der Waals surface area contributed by atoms with E-state index in [4.69, 9.17) is 14.7 Å². The lowest BCUT2D eigenvalue weighted by atomic mass is 9.92. The Balaban J connectivity index is 1.13. The van der Waals surface area contributed by atoms with Gasteiger partial charge >= 0.3 is 12.2 Å². The number of nitrogens with zero attached hydrogens (tertiary/aromatic N) is 4. The van der Waals surface area contributed by atoms with Crippen LogP contribution < -0.4 is 15.4 Å². The number of alkyl carbamates (subject to hydrolysis) is 2. The number of aromatic nitrogens is 4. The highest BCUT2D eigenvalue weighted by molar-refractivity contribution is 6.07. The summed E-state index contributed by atoms with van der Waals surface area (Å²) in [5.41, 5.74) is 7.73. The molecule has 4 amide bonds. The zero-order valence-electron chi connectivity index (χ0n) is 31.5. The molecule has 0 radical (unpaired) electrons. The Kier molecular flexibility index (Phi) is 10.9. The van der Waals surface area contributed by atoms with Gasteiger partial charge in [-0.15, -0.1) is 0 Å². The molecular weight excluding hydrogens is 704 g/mol. The van der Waals surface area contributed by atoms with E-state index in [1.807, 2.05) is 26.0 Å². The fraction of sp³-hybridized carbons (Fsp3) is 0.400. The maximum Gasteiger partial charge on any atom is 0.407 e. The molecule has 3 heterocycles. The van der Waals surface area contributed by atoms with E-state index in [0.717, 1.165) is 86.9 Å². The standard InChI is InChI=1S/C40H46N8O7/c1-5-13-47(34(49)18-41-39(51)53-3)20-32-43-30-12-10-24-16-29-27-11-9-25(15-26(27)22-55-31(29)17-28(24)38(30)46-32)37-36(23-7-8-23)44-33(45-37)21-48(14-6-2)35(50)19-42-40(52)54-4/h9-12,15-17,23H,5-8,13-14,18-22H2,1-4H3,(H,41,51)(H,42,52)(H,43,46)(H,44,45). The average molecular weight is 751 g/mol. The van der Waals surface area contributed by atoms with E-state index in [9.17, 15) is 19.2 Å². The van der Waals surface area contributed by atoms with Crippen LogP contribution in [0.4, 0.5) is 9.59 Å². The second-order valence-electron chi connectivity index (χ2n) is 13.9. The van der Waals surface area contributed by atoms with Crippen molar-refractivity contribution in [2.45, 2.75) is 65.1 Å². The normalized spacial score (nSPS) is 13.1. The van der Waals surface area contributed by atoms with Gasteiger partial charge < -0.3 is 44.6 Å². The van der Waals surface area contributed by atoms with Gasteiger partial charge in [-0.25, -0.2) is 19.6 Å². The fourth-order valence-corrected chi connectivity index (χ4v) is 7.11. The highest BCUT2D eigenvalue weighted by Gasteiger charge is 2.31. The maximum atomic E-state index is 13.0. The van der Waals surface area contributed by atoms with Crippen molar-refractivity contribution in [3.8, 4) is 28.1 Å². The van der Waals surface area contributed by atoms with Crippen LogP contribution in [0.25, 0.3) is 44.2 Å². The number of H-pyrrole nitrogens is 2. The summed E-state index contributed by atoms with van der Waals surface area (Å²) in [5.74, 6) is 2.08. The number of ether oxygens (including phenoxy) is 3. The second-order valence-corrected chi connectivity index (χ2v) is 13.9. The number of hydrogen-bond acceptors (Lipinski definition) is 9. The van der Waals surface area contributed by atoms with Crippen LogP contribution in [0, 0.1) is 0 Å². The van der Waals surface area contributed by atoms with Crippen LogP contribution in [0.1, 0.15) is 68.4 Å². The largest absolute Gasteiger partial charge is 0.488 e. The number of aromatic amines is 2. The fourth-order valence-electron chi connectivity index (χ4n) is 7.11. The molecule has 1 aliphatic heterocycles. The first-order valence-corrected chi connectivity index (χ1v) is 18.7. The number of methoxy groups -OCH3 is 2. The predicted octanol–water partition coefficient (Wildman–Crippen LogP) is 5.73. The van der Waals surface area contributed by atoms with Gasteiger partial charge in [0, 0.05) is 41.2 Å². The highest BCUT2D eigenvalue weighted by Crippen LogP contribution is 2.46. The molecule has 1 saturated carbocycles. The summed E-state index contributed by atoms with van der Waals surface area (Å²) in [4.78, 5) is 69.1. The third kappa shape index (κ3) is 8.05. The minimum Gasteiger partial charge on any atom is -0.488 e. The number of imidazole rings is 2. The second kappa shape index (κ2) is 16.1. The molecule has 0 unspecified atom stereocenters. The average Bonchev–Trinajstić information content (AvgIpc) is 3.83. The quantitative estimate of drug-likeness (QED) is 0.110. The molecule has 0 spiro atoms. The first kappa shape index (κ1) is 37.2. The van der Waals surface area contributed by atoms with Crippen LogP contribution in [0.15, 0.2) is 42.5 Å². The zero-order valence-corrected chi connectivity index (χ0v) is 31.5. The number of rotatable bonds is 14. The van der Waals surface area contributed by atoms with Gasteiger partial charge in [0.1, 0.15) is 37.1 Å². The van der Waals surface area contributed by atoms with Crippen LogP contribution in [-0.2, 0) is 38.8 Å². The summed E-state index contributed by atoms with van der Waals surface area (Å²) in [6, 6.07) is 14.6. The molecule has 15 nitrogen and oxygen atoms in total. The molecular formula is C40H46N8O7. The smallest absolute Gasteiger partial charge is 0.407 e. The van der Waals surface area contributed by atoms with Gasteiger partial charge in [-0.2, -0.15) is 0 Å². The number of nitrogens with one attached hydrogen (secondary N) is 4. The number of benzene rings is 3. The number of carbonyl (C=O) groups is 4. The molecule has 1 fully saturated rings. The molecule has 15 heteroatoms. The highest BCUT2D eigenvalue weighted by atomic mass is 16.5. The zero-order chi connectivity index (χ0) is 38.6. The van der Waals surface area contributed by atoms with Gasteiger partial charge in [0.15, 0.2) is 0 Å². The molecule has 1 aliphatic carbocycles. The third-order valence-electron chi connectivity index (χ3n) is 9.95. The van der Waals surface area contributed by atoms with E-state index in [2.05, 4.69) is 60.4 Å². The molecule has 288 valence electrons. The predicted molar refractivity (Wildman–Crippen MR) is 205 cm³/mol.